The van der Waals surface area contributed by atoms with Crippen LogP contribution in [0.1, 0.15) is 4.88 Å². The molecule has 120 valence electrons. The molecule has 1 aliphatic heterocycles. The van der Waals surface area contributed by atoms with Gasteiger partial charge in [-0.1, -0.05) is 11.3 Å². The quantitative estimate of drug-likeness (QED) is 0.742. The van der Waals surface area contributed by atoms with E-state index in [1.165, 1.54) is 31.1 Å². The summed E-state index contributed by atoms with van der Waals surface area (Å²) in [6, 6.07) is 0. The first-order valence-corrected chi connectivity index (χ1v) is 8.24. The maximum atomic E-state index is 5.35. The molecule has 0 aromatic carbocycles. The Kier molecular flexibility index (Phi) is 6.22. The zero-order valence-corrected chi connectivity index (χ0v) is 14.4. The van der Waals surface area contributed by atoms with Crippen molar-refractivity contribution in [3.8, 4) is 5.88 Å². The summed E-state index contributed by atoms with van der Waals surface area (Å²) in [5.41, 5.74) is 0. The van der Waals surface area contributed by atoms with Crippen LogP contribution in [-0.4, -0.2) is 82.3 Å². The Labute approximate surface area is 131 Å². The van der Waals surface area contributed by atoms with Crippen LogP contribution in [0.3, 0.4) is 0 Å². The molecule has 1 aromatic heterocycles. The van der Waals surface area contributed by atoms with Crippen LogP contribution < -0.4 is 15.0 Å². The van der Waals surface area contributed by atoms with Gasteiger partial charge >= 0.3 is 0 Å². The van der Waals surface area contributed by atoms with Gasteiger partial charge in [-0.25, -0.2) is 0 Å². The Morgan fingerprint density at radius 2 is 2.00 bits per heavy atom. The molecule has 0 amide bonds. The third kappa shape index (κ3) is 4.81. The van der Waals surface area contributed by atoms with Gasteiger partial charge in [0.05, 0.1) is 12.0 Å². The number of hydrogen-bond donors (Lipinski definition) is 1. The molecule has 0 saturated carbocycles. The standard InChI is InChI=1S/C14H27N5OS/c1-17(2)14-16-13(20-4)12(21-14)11-15-5-6-19-9-7-18(3)8-10-19/h15H,5-11H2,1-4H3. The highest BCUT2D eigenvalue weighted by Gasteiger charge is 2.14. The van der Waals surface area contributed by atoms with E-state index in [4.69, 9.17) is 4.74 Å². The minimum atomic E-state index is 0.746. The lowest BCUT2D eigenvalue weighted by molar-refractivity contribution is 0.154. The molecule has 0 radical (unpaired) electrons. The van der Waals surface area contributed by atoms with Gasteiger partial charge in [0.25, 0.3) is 0 Å². The number of aromatic nitrogens is 1. The summed E-state index contributed by atoms with van der Waals surface area (Å²) in [6.07, 6.45) is 0. The fourth-order valence-electron chi connectivity index (χ4n) is 2.30. The predicted molar refractivity (Wildman–Crippen MR) is 88.6 cm³/mol. The van der Waals surface area contributed by atoms with Crippen LogP contribution in [0, 0.1) is 0 Å². The summed E-state index contributed by atoms with van der Waals surface area (Å²) in [5, 5.41) is 4.49. The number of piperazine rings is 1. The number of nitrogens with zero attached hydrogens (tertiary/aromatic N) is 4. The molecule has 2 heterocycles. The van der Waals surface area contributed by atoms with Gasteiger partial charge in [-0.15, -0.1) is 0 Å². The molecular formula is C14H27N5OS. The second-order valence-corrected chi connectivity index (χ2v) is 6.71. The summed E-state index contributed by atoms with van der Waals surface area (Å²) >= 11 is 1.69. The van der Waals surface area contributed by atoms with E-state index in [2.05, 4.69) is 27.1 Å². The fourth-order valence-corrected chi connectivity index (χ4v) is 3.22. The molecule has 7 heteroatoms. The van der Waals surface area contributed by atoms with Crippen LogP contribution in [0.25, 0.3) is 0 Å². The van der Waals surface area contributed by atoms with Crippen LogP contribution in [-0.2, 0) is 6.54 Å². The van der Waals surface area contributed by atoms with E-state index in [-0.39, 0.29) is 0 Å². The van der Waals surface area contributed by atoms with E-state index in [1.54, 1.807) is 18.4 Å². The minimum Gasteiger partial charge on any atom is -0.480 e. The van der Waals surface area contributed by atoms with Crippen molar-refractivity contribution < 1.29 is 4.74 Å². The number of thiazole rings is 1. The summed E-state index contributed by atoms with van der Waals surface area (Å²) < 4.78 is 5.35. The van der Waals surface area contributed by atoms with Gasteiger partial charge < -0.3 is 19.9 Å². The lowest BCUT2D eigenvalue weighted by Gasteiger charge is -2.32. The zero-order valence-electron chi connectivity index (χ0n) is 13.6. The predicted octanol–water partition coefficient (Wildman–Crippen LogP) is 0.555. The topological polar surface area (TPSA) is 43.9 Å². The van der Waals surface area contributed by atoms with Crippen molar-refractivity contribution in [2.24, 2.45) is 0 Å². The average molecular weight is 313 g/mol. The highest BCUT2D eigenvalue weighted by molar-refractivity contribution is 7.15. The van der Waals surface area contributed by atoms with Crippen molar-refractivity contribution in [1.29, 1.82) is 0 Å². The van der Waals surface area contributed by atoms with Crippen LogP contribution in [0.2, 0.25) is 0 Å². The molecule has 21 heavy (non-hydrogen) atoms. The Bertz CT molecular complexity index is 429. The number of likely N-dealkylation sites (N-methyl/N-ethyl adjacent to an activating group) is 1. The first-order chi connectivity index (χ1) is 10.1. The van der Waals surface area contributed by atoms with Crippen molar-refractivity contribution >= 4 is 16.5 Å². The second-order valence-electron chi connectivity index (χ2n) is 5.65. The molecule has 0 spiro atoms. The molecule has 0 unspecified atom stereocenters. The van der Waals surface area contributed by atoms with Crippen molar-refractivity contribution in [3.05, 3.63) is 4.88 Å². The van der Waals surface area contributed by atoms with Crippen LogP contribution >= 0.6 is 11.3 Å². The Balaban J connectivity index is 1.73. The molecule has 0 aliphatic carbocycles. The summed E-state index contributed by atoms with van der Waals surface area (Å²) in [5.74, 6) is 0.746. The zero-order chi connectivity index (χ0) is 15.2. The first kappa shape index (κ1) is 16.5. The molecule has 0 bridgehead atoms. The van der Waals surface area contributed by atoms with E-state index in [0.29, 0.717) is 0 Å². The van der Waals surface area contributed by atoms with Crippen LogP contribution in [0.4, 0.5) is 5.13 Å². The monoisotopic (exact) mass is 313 g/mol. The van der Waals surface area contributed by atoms with E-state index >= 15 is 0 Å². The van der Waals surface area contributed by atoms with Crippen LogP contribution in [0.5, 0.6) is 5.88 Å². The van der Waals surface area contributed by atoms with Gasteiger partial charge in [-0.2, -0.15) is 4.98 Å². The number of anilines is 1. The molecule has 1 saturated heterocycles. The van der Waals surface area contributed by atoms with Gasteiger partial charge in [0.2, 0.25) is 5.88 Å². The SMILES string of the molecule is COc1nc(N(C)C)sc1CNCCN1CCN(C)CC1. The highest BCUT2D eigenvalue weighted by atomic mass is 32.1. The van der Waals surface area contributed by atoms with Gasteiger partial charge in [0.1, 0.15) is 0 Å². The smallest absolute Gasteiger partial charge is 0.230 e. The largest absolute Gasteiger partial charge is 0.480 e. The van der Waals surface area contributed by atoms with E-state index < -0.39 is 0 Å². The normalized spacial score (nSPS) is 17.1. The summed E-state index contributed by atoms with van der Waals surface area (Å²) in [7, 11) is 7.88. The third-order valence-corrected chi connectivity index (χ3v) is 4.92. The van der Waals surface area contributed by atoms with Crippen molar-refractivity contribution in [1.82, 2.24) is 20.1 Å². The number of methoxy groups -OCH3 is 1. The van der Waals surface area contributed by atoms with Crippen molar-refractivity contribution in [2.75, 3.05) is 72.4 Å². The molecular weight excluding hydrogens is 286 g/mol. The third-order valence-electron chi connectivity index (χ3n) is 3.71. The van der Waals surface area contributed by atoms with Crippen molar-refractivity contribution in [3.63, 3.8) is 0 Å². The molecule has 1 aliphatic rings. The lowest BCUT2D eigenvalue weighted by atomic mass is 10.3. The Hall–Kier alpha value is -0.890. The summed E-state index contributed by atoms with van der Waals surface area (Å²) in [4.78, 5) is 12.6. The molecule has 1 fully saturated rings. The van der Waals surface area contributed by atoms with Gasteiger partial charge in [0.15, 0.2) is 5.13 Å². The molecule has 1 N–H and O–H groups in total. The molecule has 0 atom stereocenters. The first-order valence-electron chi connectivity index (χ1n) is 7.42. The molecule has 1 aromatic rings. The van der Waals surface area contributed by atoms with Crippen LogP contribution in [0.15, 0.2) is 0 Å². The maximum absolute atomic E-state index is 5.35. The number of rotatable bonds is 7. The highest BCUT2D eigenvalue weighted by Crippen LogP contribution is 2.30. The van der Waals surface area contributed by atoms with E-state index in [1.807, 2.05) is 19.0 Å². The fraction of sp³-hybridized carbons (Fsp3) is 0.786. The number of nitrogens with one attached hydrogen (secondary N) is 1. The number of ether oxygens (including phenoxy) is 1. The van der Waals surface area contributed by atoms with Gasteiger partial charge in [-0.05, 0) is 7.05 Å². The molecule has 2 rings (SSSR count). The average Bonchev–Trinajstić information content (AvgIpc) is 2.89. The molecule has 6 nitrogen and oxygen atoms in total. The Morgan fingerprint density at radius 1 is 1.29 bits per heavy atom. The van der Waals surface area contributed by atoms with E-state index in [0.717, 1.165) is 30.6 Å². The van der Waals surface area contributed by atoms with Crippen molar-refractivity contribution in [2.45, 2.75) is 6.54 Å². The maximum Gasteiger partial charge on any atom is 0.230 e. The van der Waals surface area contributed by atoms with Gasteiger partial charge in [-0.3, -0.25) is 4.90 Å². The number of hydrogen-bond acceptors (Lipinski definition) is 7. The van der Waals surface area contributed by atoms with E-state index in [9.17, 15) is 0 Å². The summed E-state index contributed by atoms with van der Waals surface area (Å²) in [6.45, 7) is 7.63. The van der Waals surface area contributed by atoms with Gasteiger partial charge in [0, 0.05) is 59.9 Å². The minimum absolute atomic E-state index is 0.746. The lowest BCUT2D eigenvalue weighted by Crippen LogP contribution is -2.46. The Morgan fingerprint density at radius 3 is 2.62 bits per heavy atom. The second kappa shape index (κ2) is 7.93.